The van der Waals surface area contributed by atoms with Crippen molar-refractivity contribution in [3.63, 3.8) is 0 Å². The van der Waals surface area contributed by atoms with E-state index < -0.39 is 0 Å². The lowest BCUT2D eigenvalue weighted by Crippen LogP contribution is -2.12. The standard InChI is InChI=1S/C31H25Cl2NO2/c32-26-13-11-24(28(33)18-26)12-14-29-27-19-31(36-21-23-9-5-2-6-10-23)30(17-25(27)15-16-34-29)35-20-22-7-3-1-4-8-22/h1-14,17-19H,15-16,20-21H2/b14-12+. The van der Waals surface area contributed by atoms with Crippen molar-refractivity contribution in [1.82, 2.24) is 0 Å². The van der Waals surface area contributed by atoms with Crippen molar-refractivity contribution >= 4 is 35.0 Å². The molecule has 4 aromatic carbocycles. The SMILES string of the molecule is Clc1ccc(/C=C/C2=NCCc3cc(OCc4ccccc4)c(OCc4ccccc4)cc32)c(Cl)c1. The maximum absolute atomic E-state index is 6.37. The summed E-state index contributed by atoms with van der Waals surface area (Å²) in [5.41, 5.74) is 6.20. The number of hydrogen-bond donors (Lipinski definition) is 0. The van der Waals surface area contributed by atoms with Gasteiger partial charge in [0.2, 0.25) is 0 Å². The molecule has 0 fully saturated rings. The third-order valence-electron chi connectivity index (χ3n) is 5.97. The summed E-state index contributed by atoms with van der Waals surface area (Å²) in [6.07, 6.45) is 4.81. The van der Waals surface area contributed by atoms with Crippen molar-refractivity contribution < 1.29 is 9.47 Å². The number of aliphatic imine (C=N–C) groups is 1. The maximum Gasteiger partial charge on any atom is 0.162 e. The van der Waals surface area contributed by atoms with Crippen LogP contribution in [0.2, 0.25) is 10.0 Å². The second-order valence-electron chi connectivity index (χ2n) is 8.52. The molecule has 0 bridgehead atoms. The fourth-order valence-corrected chi connectivity index (χ4v) is 4.54. The van der Waals surface area contributed by atoms with E-state index in [-0.39, 0.29) is 0 Å². The highest BCUT2D eigenvalue weighted by Gasteiger charge is 2.18. The maximum atomic E-state index is 6.37. The van der Waals surface area contributed by atoms with E-state index in [4.69, 9.17) is 37.7 Å². The minimum atomic E-state index is 0.448. The molecule has 0 radical (unpaired) electrons. The number of halogens is 2. The van der Waals surface area contributed by atoms with Gasteiger partial charge in [0.15, 0.2) is 11.5 Å². The van der Waals surface area contributed by atoms with Crippen molar-refractivity contribution in [2.75, 3.05) is 6.54 Å². The first kappa shape index (κ1) is 24.2. The van der Waals surface area contributed by atoms with Crippen LogP contribution in [-0.2, 0) is 19.6 Å². The Bertz CT molecular complexity index is 1400. The molecule has 180 valence electrons. The van der Waals surface area contributed by atoms with E-state index in [0.717, 1.165) is 40.1 Å². The molecule has 4 aromatic rings. The number of nitrogens with zero attached hydrogens (tertiary/aromatic N) is 1. The highest BCUT2D eigenvalue weighted by molar-refractivity contribution is 6.35. The Kier molecular flexibility index (Phi) is 7.70. The Balaban J connectivity index is 1.44. The van der Waals surface area contributed by atoms with Crippen LogP contribution >= 0.6 is 23.2 Å². The van der Waals surface area contributed by atoms with E-state index in [1.54, 1.807) is 6.07 Å². The predicted octanol–water partition coefficient (Wildman–Crippen LogP) is 8.21. The summed E-state index contributed by atoms with van der Waals surface area (Å²) >= 11 is 12.4. The lowest BCUT2D eigenvalue weighted by atomic mass is 9.96. The van der Waals surface area contributed by atoms with Gasteiger partial charge in [-0.05, 0) is 59.0 Å². The summed E-state index contributed by atoms with van der Waals surface area (Å²) in [5.74, 6) is 1.43. The van der Waals surface area contributed by atoms with Crippen LogP contribution in [0.4, 0.5) is 0 Å². The van der Waals surface area contributed by atoms with Crippen LogP contribution in [0.15, 0.2) is 102 Å². The highest BCUT2D eigenvalue weighted by atomic mass is 35.5. The van der Waals surface area contributed by atoms with E-state index in [2.05, 4.69) is 18.2 Å². The number of hydrogen-bond acceptors (Lipinski definition) is 3. The molecule has 0 spiro atoms. The van der Waals surface area contributed by atoms with Gasteiger partial charge >= 0.3 is 0 Å². The molecule has 0 aromatic heterocycles. The largest absolute Gasteiger partial charge is 0.485 e. The van der Waals surface area contributed by atoms with Crippen molar-refractivity contribution in [2.24, 2.45) is 4.99 Å². The van der Waals surface area contributed by atoms with E-state index in [0.29, 0.717) is 35.6 Å². The lowest BCUT2D eigenvalue weighted by Gasteiger charge is -2.20. The second kappa shape index (κ2) is 11.5. The Labute approximate surface area is 221 Å². The number of rotatable bonds is 8. The van der Waals surface area contributed by atoms with Crippen LogP contribution in [0.25, 0.3) is 6.08 Å². The number of fused-ring (bicyclic) bond motifs is 1. The van der Waals surface area contributed by atoms with Crippen LogP contribution in [0, 0.1) is 0 Å². The van der Waals surface area contributed by atoms with E-state index in [1.165, 1.54) is 5.56 Å². The predicted molar refractivity (Wildman–Crippen MR) is 149 cm³/mol. The second-order valence-corrected chi connectivity index (χ2v) is 9.36. The van der Waals surface area contributed by atoms with Crippen molar-refractivity contribution in [3.05, 3.63) is 135 Å². The Hall–Kier alpha value is -3.53. The van der Waals surface area contributed by atoms with Crippen LogP contribution in [0.1, 0.15) is 27.8 Å². The van der Waals surface area contributed by atoms with Gasteiger partial charge in [-0.3, -0.25) is 4.99 Å². The van der Waals surface area contributed by atoms with Crippen molar-refractivity contribution in [1.29, 1.82) is 0 Å². The van der Waals surface area contributed by atoms with Gasteiger partial charge in [0.05, 0.1) is 5.71 Å². The minimum Gasteiger partial charge on any atom is -0.485 e. The van der Waals surface area contributed by atoms with Crippen LogP contribution in [-0.4, -0.2) is 12.3 Å². The molecular weight excluding hydrogens is 489 g/mol. The van der Waals surface area contributed by atoms with E-state index in [1.807, 2.05) is 78.9 Å². The third-order valence-corrected chi connectivity index (χ3v) is 6.53. The highest BCUT2D eigenvalue weighted by Crippen LogP contribution is 2.35. The van der Waals surface area contributed by atoms with E-state index >= 15 is 0 Å². The number of ether oxygens (including phenoxy) is 2. The quantitative estimate of drug-likeness (QED) is 0.237. The topological polar surface area (TPSA) is 30.8 Å². The number of allylic oxidation sites excluding steroid dienone is 1. The minimum absolute atomic E-state index is 0.448. The summed E-state index contributed by atoms with van der Waals surface area (Å²) in [4.78, 5) is 4.78. The average Bonchev–Trinajstić information content (AvgIpc) is 2.91. The fraction of sp³-hybridized carbons (Fsp3) is 0.129. The first-order valence-electron chi connectivity index (χ1n) is 11.8. The summed E-state index contributed by atoms with van der Waals surface area (Å²) < 4.78 is 12.5. The molecule has 1 aliphatic rings. The van der Waals surface area contributed by atoms with Gasteiger partial charge in [0, 0.05) is 22.2 Å². The smallest absolute Gasteiger partial charge is 0.162 e. The first-order valence-corrected chi connectivity index (χ1v) is 12.6. The number of benzene rings is 4. The normalized spacial score (nSPS) is 12.8. The van der Waals surface area contributed by atoms with Crippen LogP contribution in [0.3, 0.4) is 0 Å². The van der Waals surface area contributed by atoms with Gasteiger partial charge in [-0.25, -0.2) is 0 Å². The van der Waals surface area contributed by atoms with Gasteiger partial charge < -0.3 is 9.47 Å². The van der Waals surface area contributed by atoms with Crippen LogP contribution < -0.4 is 9.47 Å². The fourth-order valence-electron chi connectivity index (χ4n) is 4.07. The molecule has 1 aliphatic heterocycles. The molecule has 0 saturated heterocycles. The molecule has 36 heavy (non-hydrogen) atoms. The summed E-state index contributed by atoms with van der Waals surface area (Å²) in [5, 5.41) is 1.22. The summed E-state index contributed by atoms with van der Waals surface area (Å²) in [6, 6.07) is 29.9. The molecule has 0 unspecified atom stereocenters. The molecule has 0 saturated carbocycles. The molecule has 5 rings (SSSR count). The molecule has 0 aliphatic carbocycles. The van der Waals surface area contributed by atoms with Gasteiger partial charge in [0.1, 0.15) is 13.2 Å². The first-order chi connectivity index (χ1) is 17.7. The van der Waals surface area contributed by atoms with Gasteiger partial charge in [-0.1, -0.05) is 96.0 Å². The third kappa shape index (κ3) is 5.99. The zero-order valence-electron chi connectivity index (χ0n) is 19.7. The molecule has 5 heteroatoms. The summed E-state index contributed by atoms with van der Waals surface area (Å²) in [6.45, 7) is 1.63. The summed E-state index contributed by atoms with van der Waals surface area (Å²) in [7, 11) is 0. The molecule has 0 atom stereocenters. The van der Waals surface area contributed by atoms with Gasteiger partial charge in [-0.2, -0.15) is 0 Å². The van der Waals surface area contributed by atoms with Crippen molar-refractivity contribution in [3.8, 4) is 11.5 Å². The molecule has 3 nitrogen and oxygen atoms in total. The monoisotopic (exact) mass is 513 g/mol. The Morgan fingerprint density at radius 1 is 0.722 bits per heavy atom. The van der Waals surface area contributed by atoms with Crippen molar-refractivity contribution in [2.45, 2.75) is 19.6 Å². The Morgan fingerprint density at radius 2 is 1.36 bits per heavy atom. The average molecular weight is 514 g/mol. The Morgan fingerprint density at radius 3 is 2.00 bits per heavy atom. The lowest BCUT2D eigenvalue weighted by molar-refractivity contribution is 0.255. The molecule has 0 amide bonds. The molecule has 0 N–H and O–H groups in total. The van der Waals surface area contributed by atoms with E-state index in [9.17, 15) is 0 Å². The van der Waals surface area contributed by atoms with Crippen LogP contribution in [0.5, 0.6) is 11.5 Å². The van der Waals surface area contributed by atoms with Gasteiger partial charge in [0.25, 0.3) is 0 Å². The molecule has 1 heterocycles. The zero-order valence-corrected chi connectivity index (χ0v) is 21.2. The zero-order chi connectivity index (χ0) is 24.7. The van der Waals surface area contributed by atoms with Gasteiger partial charge in [-0.15, -0.1) is 0 Å². The molecular formula is C31H25Cl2NO2.